The number of anilines is 1. The molecule has 0 unspecified atom stereocenters. The predicted molar refractivity (Wildman–Crippen MR) is 103 cm³/mol. The third kappa shape index (κ3) is 4.97. The van der Waals surface area contributed by atoms with Gasteiger partial charge in [0.1, 0.15) is 5.69 Å². The Morgan fingerprint density at radius 3 is 2.56 bits per heavy atom. The van der Waals surface area contributed by atoms with E-state index in [1.165, 1.54) is 0 Å². The van der Waals surface area contributed by atoms with E-state index in [0.29, 0.717) is 45.0 Å². The first-order chi connectivity index (χ1) is 13.2. The number of hydrogen-bond acceptors (Lipinski definition) is 5. The number of pyridine rings is 1. The number of piperazine rings is 1. The van der Waals surface area contributed by atoms with Gasteiger partial charge in [0.2, 0.25) is 0 Å². The molecule has 1 aliphatic rings. The lowest BCUT2D eigenvalue weighted by molar-refractivity contribution is 0.0945. The van der Waals surface area contributed by atoms with Crippen molar-refractivity contribution in [1.29, 1.82) is 0 Å². The van der Waals surface area contributed by atoms with Crippen molar-refractivity contribution in [2.45, 2.75) is 13.5 Å². The third-order valence-electron chi connectivity index (χ3n) is 4.44. The normalized spacial score (nSPS) is 14.0. The molecule has 3 rings (SSSR count). The Kier molecular flexibility index (Phi) is 6.25. The van der Waals surface area contributed by atoms with Gasteiger partial charge in [-0.05, 0) is 24.6 Å². The minimum Gasteiger partial charge on any atom is -0.450 e. The molecular weight excluding hydrogens is 344 g/mol. The average molecular weight is 368 g/mol. The largest absolute Gasteiger partial charge is 0.450 e. The number of amides is 2. The molecule has 1 saturated heterocycles. The Morgan fingerprint density at radius 2 is 1.85 bits per heavy atom. The van der Waals surface area contributed by atoms with Gasteiger partial charge in [0.15, 0.2) is 0 Å². The van der Waals surface area contributed by atoms with Crippen LogP contribution in [0.5, 0.6) is 0 Å². The van der Waals surface area contributed by atoms with E-state index in [2.05, 4.69) is 15.2 Å². The maximum atomic E-state index is 12.4. The highest BCUT2D eigenvalue weighted by molar-refractivity contribution is 5.93. The Hall–Kier alpha value is -3.09. The van der Waals surface area contributed by atoms with E-state index in [4.69, 9.17) is 4.74 Å². The molecule has 0 aliphatic carbocycles. The van der Waals surface area contributed by atoms with Gasteiger partial charge >= 0.3 is 6.09 Å². The quantitative estimate of drug-likeness (QED) is 0.876. The number of benzene rings is 1. The minimum atomic E-state index is -0.271. The standard InChI is InChI=1S/C20H24N4O3/c1-2-27-20(26)24-12-10-23(11-13-24)17-8-9-21-18(14-17)19(25)22-15-16-6-4-3-5-7-16/h3-9,14H,2,10-13,15H2,1H3,(H,22,25). The summed E-state index contributed by atoms with van der Waals surface area (Å²) in [6.45, 7) is 5.21. The van der Waals surface area contributed by atoms with Crippen LogP contribution in [0.15, 0.2) is 48.7 Å². The van der Waals surface area contributed by atoms with Gasteiger partial charge in [-0.25, -0.2) is 4.79 Å². The lowest BCUT2D eigenvalue weighted by Crippen LogP contribution is -2.49. The topological polar surface area (TPSA) is 74.8 Å². The first-order valence-corrected chi connectivity index (χ1v) is 9.12. The lowest BCUT2D eigenvalue weighted by Gasteiger charge is -2.35. The van der Waals surface area contributed by atoms with Crippen molar-refractivity contribution >= 4 is 17.7 Å². The fourth-order valence-corrected chi connectivity index (χ4v) is 2.97. The van der Waals surface area contributed by atoms with Crippen molar-refractivity contribution in [3.05, 3.63) is 59.9 Å². The molecule has 1 aliphatic heterocycles. The second-order valence-electron chi connectivity index (χ2n) is 6.24. The summed E-state index contributed by atoms with van der Waals surface area (Å²) in [6.07, 6.45) is 1.37. The van der Waals surface area contributed by atoms with Gasteiger partial charge in [0.25, 0.3) is 5.91 Å². The molecule has 1 aromatic carbocycles. The number of nitrogens with one attached hydrogen (secondary N) is 1. The van der Waals surface area contributed by atoms with Crippen LogP contribution in [0.25, 0.3) is 0 Å². The lowest BCUT2D eigenvalue weighted by atomic mass is 10.2. The van der Waals surface area contributed by atoms with Crippen molar-refractivity contribution in [3.8, 4) is 0 Å². The zero-order chi connectivity index (χ0) is 19.1. The molecule has 7 nitrogen and oxygen atoms in total. The van der Waals surface area contributed by atoms with Crippen LogP contribution in [-0.2, 0) is 11.3 Å². The van der Waals surface area contributed by atoms with Gasteiger partial charge < -0.3 is 19.9 Å². The van der Waals surface area contributed by atoms with E-state index in [-0.39, 0.29) is 12.0 Å². The average Bonchev–Trinajstić information content (AvgIpc) is 2.73. The molecular formula is C20H24N4O3. The van der Waals surface area contributed by atoms with Crippen LogP contribution in [0.4, 0.5) is 10.5 Å². The fourth-order valence-electron chi connectivity index (χ4n) is 2.97. The molecule has 1 N–H and O–H groups in total. The van der Waals surface area contributed by atoms with Gasteiger partial charge in [-0.1, -0.05) is 30.3 Å². The van der Waals surface area contributed by atoms with Crippen LogP contribution < -0.4 is 10.2 Å². The van der Waals surface area contributed by atoms with Gasteiger partial charge in [0, 0.05) is 44.6 Å². The van der Waals surface area contributed by atoms with Gasteiger partial charge in [-0.3, -0.25) is 9.78 Å². The Balaban J connectivity index is 1.57. The van der Waals surface area contributed by atoms with E-state index in [1.807, 2.05) is 36.4 Å². The van der Waals surface area contributed by atoms with Crippen LogP contribution in [0.1, 0.15) is 23.0 Å². The molecule has 2 amide bonds. The van der Waals surface area contributed by atoms with Crippen LogP contribution in [-0.4, -0.2) is 54.7 Å². The number of hydrogen-bond donors (Lipinski definition) is 1. The summed E-state index contributed by atoms with van der Waals surface area (Å²) < 4.78 is 5.04. The highest BCUT2D eigenvalue weighted by Gasteiger charge is 2.22. The van der Waals surface area contributed by atoms with Crippen molar-refractivity contribution in [3.63, 3.8) is 0 Å². The summed E-state index contributed by atoms with van der Waals surface area (Å²) >= 11 is 0. The van der Waals surface area contributed by atoms with E-state index in [9.17, 15) is 9.59 Å². The molecule has 27 heavy (non-hydrogen) atoms. The Bertz CT molecular complexity index is 774. The third-order valence-corrected chi connectivity index (χ3v) is 4.44. The molecule has 0 atom stereocenters. The molecule has 1 fully saturated rings. The molecule has 1 aromatic heterocycles. The molecule has 142 valence electrons. The van der Waals surface area contributed by atoms with Crippen LogP contribution in [0.2, 0.25) is 0 Å². The monoisotopic (exact) mass is 368 g/mol. The molecule has 2 aromatic rings. The first-order valence-electron chi connectivity index (χ1n) is 9.12. The second kappa shape index (κ2) is 9.02. The van der Waals surface area contributed by atoms with Crippen LogP contribution >= 0.6 is 0 Å². The molecule has 0 bridgehead atoms. The summed E-state index contributed by atoms with van der Waals surface area (Å²) in [4.78, 5) is 32.2. The van der Waals surface area contributed by atoms with E-state index >= 15 is 0 Å². The minimum absolute atomic E-state index is 0.203. The van der Waals surface area contributed by atoms with Crippen molar-refractivity contribution in [2.24, 2.45) is 0 Å². The molecule has 7 heteroatoms. The summed E-state index contributed by atoms with van der Waals surface area (Å²) in [6, 6.07) is 13.4. The maximum absolute atomic E-state index is 12.4. The zero-order valence-electron chi connectivity index (χ0n) is 15.4. The van der Waals surface area contributed by atoms with Crippen molar-refractivity contribution in [2.75, 3.05) is 37.7 Å². The molecule has 2 heterocycles. The molecule has 0 saturated carbocycles. The number of nitrogens with zero attached hydrogens (tertiary/aromatic N) is 3. The highest BCUT2D eigenvalue weighted by Crippen LogP contribution is 2.17. The van der Waals surface area contributed by atoms with Gasteiger partial charge in [-0.15, -0.1) is 0 Å². The maximum Gasteiger partial charge on any atom is 0.409 e. The Morgan fingerprint density at radius 1 is 1.11 bits per heavy atom. The fraction of sp³-hybridized carbons (Fsp3) is 0.350. The zero-order valence-corrected chi connectivity index (χ0v) is 15.4. The first kappa shape index (κ1) is 18.7. The number of carbonyl (C=O) groups is 2. The van der Waals surface area contributed by atoms with E-state index in [0.717, 1.165) is 11.3 Å². The number of carbonyl (C=O) groups excluding carboxylic acids is 2. The summed E-state index contributed by atoms with van der Waals surface area (Å²) in [7, 11) is 0. The number of ether oxygens (including phenoxy) is 1. The highest BCUT2D eigenvalue weighted by atomic mass is 16.6. The van der Waals surface area contributed by atoms with Crippen LogP contribution in [0, 0.1) is 0 Å². The predicted octanol–water partition coefficient (Wildman–Crippen LogP) is 2.29. The second-order valence-corrected chi connectivity index (χ2v) is 6.24. The number of aromatic nitrogens is 1. The van der Waals surface area contributed by atoms with E-state index < -0.39 is 0 Å². The Labute approximate surface area is 158 Å². The summed E-state index contributed by atoms with van der Waals surface area (Å²) in [5.41, 5.74) is 2.35. The smallest absolute Gasteiger partial charge is 0.409 e. The van der Waals surface area contributed by atoms with Crippen molar-refractivity contribution in [1.82, 2.24) is 15.2 Å². The van der Waals surface area contributed by atoms with Crippen LogP contribution in [0.3, 0.4) is 0 Å². The van der Waals surface area contributed by atoms with Crippen molar-refractivity contribution < 1.29 is 14.3 Å². The number of rotatable bonds is 5. The summed E-state index contributed by atoms with van der Waals surface area (Å²) in [5, 5.41) is 2.89. The van der Waals surface area contributed by atoms with E-state index in [1.54, 1.807) is 24.1 Å². The molecule has 0 radical (unpaired) electrons. The van der Waals surface area contributed by atoms with Gasteiger partial charge in [-0.2, -0.15) is 0 Å². The SMILES string of the molecule is CCOC(=O)N1CCN(c2ccnc(C(=O)NCc3ccccc3)c2)CC1. The molecule has 0 spiro atoms. The van der Waals surface area contributed by atoms with Gasteiger partial charge in [0.05, 0.1) is 6.61 Å². The summed E-state index contributed by atoms with van der Waals surface area (Å²) in [5.74, 6) is -0.203.